The molecule has 0 aliphatic heterocycles. The second kappa shape index (κ2) is 7.95. The third kappa shape index (κ3) is 4.56. The van der Waals surface area contributed by atoms with Gasteiger partial charge in [-0.05, 0) is 55.2 Å². The van der Waals surface area contributed by atoms with Gasteiger partial charge < -0.3 is 15.2 Å². The number of hydrogen-bond acceptors (Lipinski definition) is 4. The van der Waals surface area contributed by atoms with Crippen molar-refractivity contribution >= 4 is 11.9 Å². The van der Waals surface area contributed by atoms with Crippen LogP contribution in [0.2, 0.25) is 0 Å². The maximum Gasteiger partial charge on any atom is 0.306 e. The average molecular weight is 358 g/mol. The third-order valence-corrected chi connectivity index (χ3v) is 4.45. The summed E-state index contributed by atoms with van der Waals surface area (Å²) >= 11 is 0. The van der Waals surface area contributed by atoms with Crippen molar-refractivity contribution in [1.82, 2.24) is 10.3 Å². The molecule has 7 heteroatoms. The molecule has 1 aromatic heterocycles. The number of carboxylic acids is 1. The fourth-order valence-corrected chi connectivity index (χ4v) is 3.02. The molecule has 1 aliphatic rings. The van der Waals surface area contributed by atoms with Crippen molar-refractivity contribution < 1.29 is 23.8 Å². The molecule has 1 heterocycles. The molecule has 2 aromatic rings. The molecule has 1 saturated carbocycles. The highest BCUT2D eigenvalue weighted by Crippen LogP contribution is 2.31. The van der Waals surface area contributed by atoms with Gasteiger partial charge in [0.1, 0.15) is 11.6 Å². The van der Waals surface area contributed by atoms with Gasteiger partial charge in [0.05, 0.1) is 5.92 Å². The van der Waals surface area contributed by atoms with Crippen molar-refractivity contribution in [3.63, 3.8) is 0 Å². The number of nitrogens with one attached hydrogen (secondary N) is 1. The summed E-state index contributed by atoms with van der Waals surface area (Å²) in [6, 6.07) is 9.05. The van der Waals surface area contributed by atoms with Crippen LogP contribution in [0.5, 0.6) is 11.6 Å². The molecule has 0 radical (unpaired) electrons. The first-order chi connectivity index (χ1) is 12.5. The lowest BCUT2D eigenvalue weighted by Crippen LogP contribution is -2.29. The van der Waals surface area contributed by atoms with Crippen LogP contribution in [0.4, 0.5) is 4.39 Å². The molecule has 2 atom stereocenters. The van der Waals surface area contributed by atoms with Crippen LogP contribution in [-0.4, -0.2) is 22.0 Å². The summed E-state index contributed by atoms with van der Waals surface area (Å²) in [6.45, 7) is 0.301. The van der Waals surface area contributed by atoms with Gasteiger partial charge in [0, 0.05) is 24.7 Å². The number of halogens is 1. The van der Waals surface area contributed by atoms with Crippen LogP contribution in [0.1, 0.15) is 24.8 Å². The van der Waals surface area contributed by atoms with E-state index >= 15 is 0 Å². The lowest BCUT2D eigenvalue weighted by Gasteiger charge is -2.11. The normalized spacial score (nSPS) is 19.1. The summed E-state index contributed by atoms with van der Waals surface area (Å²) in [6.07, 6.45) is 3.09. The lowest BCUT2D eigenvalue weighted by molar-refractivity contribution is -0.141. The Kier molecular flexibility index (Phi) is 5.46. The summed E-state index contributed by atoms with van der Waals surface area (Å²) in [5.41, 5.74) is 0.804. The molecule has 6 nitrogen and oxygen atoms in total. The van der Waals surface area contributed by atoms with Crippen LogP contribution in [0, 0.1) is 17.7 Å². The predicted molar refractivity (Wildman–Crippen MR) is 91.0 cm³/mol. The summed E-state index contributed by atoms with van der Waals surface area (Å²) in [5.74, 6) is -1.20. The molecular weight excluding hydrogens is 339 g/mol. The number of amides is 1. The molecule has 0 bridgehead atoms. The zero-order chi connectivity index (χ0) is 18.5. The highest BCUT2D eigenvalue weighted by molar-refractivity contribution is 5.80. The Bertz CT molecular complexity index is 794. The summed E-state index contributed by atoms with van der Waals surface area (Å²) in [5, 5.41) is 11.8. The van der Waals surface area contributed by atoms with Gasteiger partial charge in [0.2, 0.25) is 11.8 Å². The van der Waals surface area contributed by atoms with Gasteiger partial charge in [0.15, 0.2) is 0 Å². The number of benzene rings is 1. The number of aromatic nitrogens is 1. The monoisotopic (exact) mass is 358 g/mol. The van der Waals surface area contributed by atoms with Gasteiger partial charge in [-0.25, -0.2) is 9.37 Å². The van der Waals surface area contributed by atoms with E-state index in [1.54, 1.807) is 18.3 Å². The minimum absolute atomic E-state index is 0.133. The van der Waals surface area contributed by atoms with E-state index in [1.165, 1.54) is 24.3 Å². The third-order valence-electron chi connectivity index (χ3n) is 4.45. The lowest BCUT2D eigenvalue weighted by atomic mass is 10.0. The Morgan fingerprint density at radius 3 is 2.62 bits per heavy atom. The molecule has 0 saturated heterocycles. The number of hydrogen-bond donors (Lipinski definition) is 2. The van der Waals surface area contributed by atoms with Gasteiger partial charge >= 0.3 is 5.97 Å². The number of ether oxygens (including phenoxy) is 1. The predicted octanol–water partition coefficient (Wildman–Crippen LogP) is 3.13. The van der Waals surface area contributed by atoms with Crippen molar-refractivity contribution in [3.8, 4) is 11.6 Å². The van der Waals surface area contributed by atoms with E-state index in [9.17, 15) is 14.0 Å². The van der Waals surface area contributed by atoms with E-state index in [0.29, 0.717) is 37.4 Å². The fraction of sp³-hybridized carbons (Fsp3) is 0.316. The van der Waals surface area contributed by atoms with Crippen molar-refractivity contribution in [2.24, 2.45) is 11.8 Å². The molecule has 1 amide bonds. The molecule has 26 heavy (non-hydrogen) atoms. The number of carboxylic acid groups (broad SMARTS) is 1. The number of nitrogens with zero attached hydrogens (tertiary/aromatic N) is 1. The molecule has 3 rings (SSSR count). The molecular formula is C19H19FN2O4. The van der Waals surface area contributed by atoms with E-state index in [0.717, 1.165) is 5.56 Å². The quantitative estimate of drug-likeness (QED) is 0.828. The maximum atomic E-state index is 12.9. The Balaban J connectivity index is 1.54. The van der Waals surface area contributed by atoms with Crippen LogP contribution in [0.3, 0.4) is 0 Å². The number of carbonyl (C=O) groups is 2. The maximum absolute atomic E-state index is 12.9. The Labute approximate surface area is 150 Å². The first-order valence-electron chi connectivity index (χ1n) is 8.40. The zero-order valence-corrected chi connectivity index (χ0v) is 14.0. The van der Waals surface area contributed by atoms with Crippen molar-refractivity contribution in [3.05, 3.63) is 54.0 Å². The molecule has 0 unspecified atom stereocenters. The Morgan fingerprint density at radius 2 is 1.92 bits per heavy atom. The summed E-state index contributed by atoms with van der Waals surface area (Å²) in [7, 11) is 0. The van der Waals surface area contributed by atoms with Crippen molar-refractivity contribution in [2.45, 2.75) is 25.8 Å². The number of carbonyl (C=O) groups excluding carboxylic acids is 1. The second-order valence-electron chi connectivity index (χ2n) is 6.32. The molecule has 136 valence electrons. The first kappa shape index (κ1) is 17.8. The highest BCUT2D eigenvalue weighted by atomic mass is 19.1. The standard InChI is InChI=1S/C19H19FN2O4/c20-15-3-5-16(6-4-15)26-17-9-12(7-8-21-17)11-22-18(23)13-1-2-14(10-13)19(24)25/h3-9,13-14H,1-2,10-11H2,(H,22,23)(H,24,25)/t13-,14+/m0/s1. The van der Waals surface area contributed by atoms with E-state index in [2.05, 4.69) is 10.3 Å². The van der Waals surface area contributed by atoms with Crippen LogP contribution >= 0.6 is 0 Å². The molecule has 1 fully saturated rings. The van der Waals surface area contributed by atoms with Gasteiger partial charge in [-0.15, -0.1) is 0 Å². The number of aliphatic carboxylic acids is 1. The summed E-state index contributed by atoms with van der Waals surface area (Å²) in [4.78, 5) is 27.3. The van der Waals surface area contributed by atoms with E-state index in [1.807, 2.05) is 0 Å². The fourth-order valence-electron chi connectivity index (χ4n) is 3.02. The number of pyridine rings is 1. The molecule has 0 spiro atoms. The Hall–Kier alpha value is -2.96. The van der Waals surface area contributed by atoms with E-state index < -0.39 is 11.9 Å². The van der Waals surface area contributed by atoms with Crippen LogP contribution in [0.25, 0.3) is 0 Å². The van der Waals surface area contributed by atoms with Gasteiger partial charge in [-0.3, -0.25) is 9.59 Å². The minimum atomic E-state index is -0.836. The first-order valence-corrected chi connectivity index (χ1v) is 8.40. The highest BCUT2D eigenvalue weighted by Gasteiger charge is 2.33. The molecule has 1 aliphatic carbocycles. The largest absolute Gasteiger partial charge is 0.481 e. The topological polar surface area (TPSA) is 88.5 Å². The van der Waals surface area contributed by atoms with Crippen LogP contribution in [0.15, 0.2) is 42.6 Å². The number of rotatable bonds is 6. The second-order valence-corrected chi connectivity index (χ2v) is 6.32. The van der Waals surface area contributed by atoms with E-state index in [4.69, 9.17) is 9.84 Å². The zero-order valence-electron chi connectivity index (χ0n) is 14.0. The van der Waals surface area contributed by atoms with Crippen LogP contribution in [-0.2, 0) is 16.1 Å². The Morgan fingerprint density at radius 1 is 1.19 bits per heavy atom. The smallest absolute Gasteiger partial charge is 0.306 e. The van der Waals surface area contributed by atoms with E-state index in [-0.39, 0.29) is 17.6 Å². The van der Waals surface area contributed by atoms with Gasteiger partial charge in [-0.1, -0.05) is 0 Å². The molecule has 2 N–H and O–H groups in total. The summed E-state index contributed by atoms with van der Waals surface area (Å²) < 4.78 is 18.5. The van der Waals surface area contributed by atoms with Gasteiger partial charge in [-0.2, -0.15) is 0 Å². The van der Waals surface area contributed by atoms with Crippen molar-refractivity contribution in [2.75, 3.05) is 0 Å². The van der Waals surface area contributed by atoms with Crippen molar-refractivity contribution in [1.29, 1.82) is 0 Å². The molecule has 1 aromatic carbocycles. The van der Waals surface area contributed by atoms with Crippen LogP contribution < -0.4 is 10.1 Å². The minimum Gasteiger partial charge on any atom is -0.481 e. The SMILES string of the molecule is O=C(O)[C@@H]1CC[C@H](C(=O)NCc2ccnc(Oc3ccc(F)cc3)c2)C1. The van der Waals surface area contributed by atoms with Gasteiger partial charge in [0.25, 0.3) is 0 Å². The average Bonchev–Trinajstić information content (AvgIpc) is 3.13.